The summed E-state index contributed by atoms with van der Waals surface area (Å²) in [7, 11) is -3.63. The number of benzene rings is 1. The van der Waals surface area contributed by atoms with Crippen molar-refractivity contribution < 1.29 is 8.42 Å². The van der Waals surface area contributed by atoms with Gasteiger partial charge in [-0.2, -0.15) is 0 Å². The van der Waals surface area contributed by atoms with Crippen molar-refractivity contribution in [2.75, 3.05) is 16.6 Å². The van der Waals surface area contributed by atoms with E-state index in [1.807, 2.05) is 13.8 Å². The summed E-state index contributed by atoms with van der Waals surface area (Å²) in [5.74, 6) is 0.298. The van der Waals surface area contributed by atoms with Gasteiger partial charge in [-0.3, -0.25) is 4.72 Å². The van der Waals surface area contributed by atoms with Crippen LogP contribution < -0.4 is 10.0 Å². The van der Waals surface area contributed by atoms with Crippen LogP contribution in [0.3, 0.4) is 0 Å². The summed E-state index contributed by atoms with van der Waals surface area (Å²) in [4.78, 5) is 4.25. The lowest BCUT2D eigenvalue weighted by molar-refractivity contribution is 0.601. The summed E-state index contributed by atoms with van der Waals surface area (Å²) in [5, 5.41) is 3.12. The Labute approximate surface area is 133 Å². The van der Waals surface area contributed by atoms with Gasteiger partial charge >= 0.3 is 0 Å². The Balaban J connectivity index is 2.23. The molecule has 0 atom stereocenters. The van der Waals surface area contributed by atoms with Crippen molar-refractivity contribution in [1.82, 2.24) is 4.98 Å². The first-order valence-electron chi connectivity index (χ1n) is 6.41. The van der Waals surface area contributed by atoms with Crippen LogP contribution in [0.5, 0.6) is 0 Å². The molecular weight excluding hydrogens is 354 g/mol. The van der Waals surface area contributed by atoms with E-state index < -0.39 is 10.0 Å². The average Bonchev–Trinajstić information content (AvgIpc) is 2.44. The lowest BCUT2D eigenvalue weighted by Crippen LogP contribution is -2.14. The van der Waals surface area contributed by atoms with Crippen LogP contribution in [0.25, 0.3) is 0 Å². The zero-order valence-corrected chi connectivity index (χ0v) is 14.1. The Morgan fingerprint density at radius 3 is 2.48 bits per heavy atom. The van der Waals surface area contributed by atoms with Gasteiger partial charge in [0.05, 0.1) is 4.90 Å². The number of hydrogen-bond acceptors (Lipinski definition) is 4. The van der Waals surface area contributed by atoms with Gasteiger partial charge in [-0.1, -0.05) is 0 Å². The standard InChI is InChI=1S/C14H16BrN3O2S/c1-3-16-11-4-6-12(7-5-11)21(19,20)18-14-8-10(2)13(15)9-17-14/h4-9,16H,3H2,1-2H3,(H,17,18). The third kappa shape index (κ3) is 3.95. The number of halogens is 1. The Hall–Kier alpha value is -1.60. The third-order valence-electron chi connectivity index (χ3n) is 2.83. The van der Waals surface area contributed by atoms with E-state index >= 15 is 0 Å². The number of hydrogen-bond donors (Lipinski definition) is 2. The van der Waals surface area contributed by atoms with Gasteiger partial charge in [-0.15, -0.1) is 0 Å². The van der Waals surface area contributed by atoms with Crippen LogP contribution in [0.4, 0.5) is 11.5 Å². The number of pyridine rings is 1. The first-order valence-corrected chi connectivity index (χ1v) is 8.69. The normalized spacial score (nSPS) is 11.2. The van der Waals surface area contributed by atoms with Crippen LogP contribution in [0.1, 0.15) is 12.5 Å². The van der Waals surface area contributed by atoms with Crippen LogP contribution in [-0.4, -0.2) is 19.9 Å². The second-order valence-electron chi connectivity index (χ2n) is 4.48. The van der Waals surface area contributed by atoms with E-state index in [0.29, 0.717) is 5.82 Å². The highest BCUT2D eigenvalue weighted by atomic mass is 79.9. The number of sulfonamides is 1. The Bertz CT molecular complexity index is 730. The fourth-order valence-corrected chi connectivity index (χ4v) is 2.96. The van der Waals surface area contributed by atoms with Gasteiger partial charge in [0.15, 0.2) is 0 Å². The van der Waals surface area contributed by atoms with Crippen molar-refractivity contribution in [3.05, 3.63) is 46.6 Å². The highest BCUT2D eigenvalue weighted by Crippen LogP contribution is 2.20. The number of aryl methyl sites for hydroxylation is 1. The van der Waals surface area contributed by atoms with Gasteiger partial charge < -0.3 is 5.32 Å². The molecule has 112 valence electrons. The van der Waals surface area contributed by atoms with Crippen LogP contribution in [0.15, 0.2) is 45.9 Å². The number of anilines is 2. The van der Waals surface area contributed by atoms with Crippen LogP contribution in [-0.2, 0) is 10.0 Å². The molecule has 1 heterocycles. The topological polar surface area (TPSA) is 71.1 Å². The smallest absolute Gasteiger partial charge is 0.263 e. The molecule has 21 heavy (non-hydrogen) atoms. The summed E-state index contributed by atoms with van der Waals surface area (Å²) in [5.41, 5.74) is 1.79. The molecule has 0 bridgehead atoms. The van der Waals surface area contributed by atoms with Gasteiger partial charge in [0.25, 0.3) is 10.0 Å². The van der Waals surface area contributed by atoms with Crippen molar-refractivity contribution in [3.63, 3.8) is 0 Å². The van der Waals surface area contributed by atoms with E-state index in [1.165, 1.54) is 0 Å². The lowest BCUT2D eigenvalue weighted by Gasteiger charge is -2.09. The van der Waals surface area contributed by atoms with Gasteiger partial charge in [0, 0.05) is 22.9 Å². The van der Waals surface area contributed by atoms with E-state index in [4.69, 9.17) is 0 Å². The molecule has 5 nitrogen and oxygen atoms in total. The van der Waals surface area contributed by atoms with Gasteiger partial charge in [-0.25, -0.2) is 13.4 Å². The number of rotatable bonds is 5. The molecule has 1 aromatic heterocycles. The van der Waals surface area contributed by atoms with E-state index in [9.17, 15) is 8.42 Å². The molecule has 1 aromatic carbocycles. The third-order valence-corrected chi connectivity index (χ3v) is 5.03. The van der Waals surface area contributed by atoms with Crippen molar-refractivity contribution in [2.24, 2.45) is 0 Å². The zero-order chi connectivity index (χ0) is 15.5. The predicted molar refractivity (Wildman–Crippen MR) is 88.1 cm³/mol. The SMILES string of the molecule is CCNc1ccc(S(=O)(=O)Nc2cc(C)c(Br)cn2)cc1. The monoisotopic (exact) mass is 369 g/mol. The predicted octanol–water partition coefficient (Wildman–Crippen LogP) is 3.39. The second kappa shape index (κ2) is 6.44. The quantitative estimate of drug-likeness (QED) is 0.847. The minimum absolute atomic E-state index is 0.200. The second-order valence-corrected chi connectivity index (χ2v) is 7.02. The molecule has 0 spiro atoms. The Morgan fingerprint density at radius 1 is 1.24 bits per heavy atom. The van der Waals surface area contributed by atoms with Crippen molar-refractivity contribution in [2.45, 2.75) is 18.7 Å². The van der Waals surface area contributed by atoms with E-state index in [0.717, 1.165) is 22.3 Å². The van der Waals surface area contributed by atoms with E-state index in [-0.39, 0.29) is 4.90 Å². The maximum absolute atomic E-state index is 12.3. The molecule has 0 amide bonds. The molecule has 0 aliphatic carbocycles. The lowest BCUT2D eigenvalue weighted by atomic mass is 10.3. The molecule has 7 heteroatoms. The summed E-state index contributed by atoms with van der Waals surface area (Å²) >= 11 is 3.33. The van der Waals surface area contributed by atoms with Gasteiger partial charge in [0.1, 0.15) is 5.82 Å². The minimum atomic E-state index is -3.63. The zero-order valence-electron chi connectivity index (χ0n) is 11.7. The molecule has 0 unspecified atom stereocenters. The van der Waals surface area contributed by atoms with Crippen LogP contribution >= 0.6 is 15.9 Å². The summed E-state index contributed by atoms with van der Waals surface area (Å²) in [6.45, 7) is 4.63. The van der Waals surface area contributed by atoms with Crippen LogP contribution in [0.2, 0.25) is 0 Å². The first-order chi connectivity index (χ1) is 9.92. The van der Waals surface area contributed by atoms with Crippen molar-refractivity contribution in [3.8, 4) is 0 Å². The molecule has 0 aliphatic heterocycles. The fraction of sp³-hybridized carbons (Fsp3) is 0.214. The molecular formula is C14H16BrN3O2S. The molecule has 0 aliphatic rings. The van der Waals surface area contributed by atoms with E-state index in [2.05, 4.69) is 31.0 Å². The molecule has 2 N–H and O–H groups in total. The maximum atomic E-state index is 12.3. The summed E-state index contributed by atoms with van der Waals surface area (Å²) in [6, 6.07) is 8.27. The molecule has 0 fully saturated rings. The Kier molecular flexibility index (Phi) is 4.84. The molecule has 2 aromatic rings. The summed E-state index contributed by atoms with van der Waals surface area (Å²) in [6.07, 6.45) is 1.57. The molecule has 0 saturated heterocycles. The van der Waals surface area contributed by atoms with Crippen molar-refractivity contribution in [1.29, 1.82) is 0 Å². The maximum Gasteiger partial charge on any atom is 0.263 e. The molecule has 0 saturated carbocycles. The van der Waals surface area contributed by atoms with E-state index in [1.54, 1.807) is 36.5 Å². The first kappa shape index (κ1) is 15.8. The average molecular weight is 370 g/mol. The highest BCUT2D eigenvalue weighted by molar-refractivity contribution is 9.10. The van der Waals surface area contributed by atoms with Crippen molar-refractivity contribution >= 4 is 37.5 Å². The minimum Gasteiger partial charge on any atom is -0.385 e. The number of aromatic nitrogens is 1. The Morgan fingerprint density at radius 2 is 1.90 bits per heavy atom. The fourth-order valence-electron chi connectivity index (χ4n) is 1.75. The highest BCUT2D eigenvalue weighted by Gasteiger charge is 2.15. The van der Waals surface area contributed by atoms with Crippen LogP contribution in [0, 0.1) is 6.92 Å². The van der Waals surface area contributed by atoms with Gasteiger partial charge in [-0.05, 0) is 65.7 Å². The molecule has 2 rings (SSSR count). The van der Waals surface area contributed by atoms with Gasteiger partial charge in [0.2, 0.25) is 0 Å². The largest absolute Gasteiger partial charge is 0.385 e. The summed E-state index contributed by atoms with van der Waals surface area (Å²) < 4.78 is 27.9. The molecule has 0 radical (unpaired) electrons. The number of nitrogens with zero attached hydrogens (tertiary/aromatic N) is 1. The number of nitrogens with one attached hydrogen (secondary N) is 2.